The van der Waals surface area contributed by atoms with E-state index in [2.05, 4.69) is 36.4 Å². The Kier molecular flexibility index (Phi) is 13.0. The summed E-state index contributed by atoms with van der Waals surface area (Å²) in [6.45, 7) is 8.75. The highest BCUT2D eigenvalue weighted by Gasteiger charge is 2.11. The molecule has 1 aromatic carbocycles. The van der Waals surface area contributed by atoms with Crippen LogP contribution in [-0.4, -0.2) is 40.4 Å². The summed E-state index contributed by atoms with van der Waals surface area (Å²) in [5.41, 5.74) is 0.944. The first-order valence-electron chi connectivity index (χ1n) is 8.86. The number of nitrogens with zero attached hydrogens (tertiary/aromatic N) is 1. The molecule has 26 heavy (non-hydrogen) atoms. The second-order valence-corrected chi connectivity index (χ2v) is 6.18. The summed E-state index contributed by atoms with van der Waals surface area (Å²) >= 11 is 0. The zero-order valence-electron chi connectivity index (χ0n) is 16.8. The van der Waals surface area contributed by atoms with Crippen LogP contribution in [0.25, 0.3) is 0 Å². The Hall–Kier alpha value is -1.38. The standard InChI is InChI=1S/C19H33N3O3.HI/c1-7-20-19(21-10-8-9-14(2)3)22-13-15-11-17(24-5)18(25-6)12-16(15)23-4;/h11-12,14H,7-10,13H2,1-6H3,(H2,20,21,22);1H. The van der Waals surface area contributed by atoms with E-state index in [1.165, 1.54) is 6.42 Å². The molecule has 2 N–H and O–H groups in total. The first-order chi connectivity index (χ1) is 12.0. The van der Waals surface area contributed by atoms with E-state index in [1.54, 1.807) is 21.3 Å². The molecular formula is C19H34IN3O3. The number of ether oxygens (including phenoxy) is 3. The summed E-state index contributed by atoms with van der Waals surface area (Å²) in [6, 6.07) is 3.73. The van der Waals surface area contributed by atoms with Crippen molar-refractivity contribution in [2.24, 2.45) is 10.9 Å². The van der Waals surface area contributed by atoms with Gasteiger partial charge in [-0.15, -0.1) is 24.0 Å². The van der Waals surface area contributed by atoms with Gasteiger partial charge in [-0.3, -0.25) is 0 Å². The highest BCUT2D eigenvalue weighted by Crippen LogP contribution is 2.34. The van der Waals surface area contributed by atoms with Gasteiger partial charge in [-0.1, -0.05) is 13.8 Å². The van der Waals surface area contributed by atoms with Crippen molar-refractivity contribution in [1.82, 2.24) is 10.6 Å². The number of rotatable bonds is 10. The van der Waals surface area contributed by atoms with Crippen LogP contribution in [-0.2, 0) is 6.54 Å². The van der Waals surface area contributed by atoms with E-state index in [1.807, 2.05) is 12.1 Å². The van der Waals surface area contributed by atoms with Crippen molar-refractivity contribution in [2.45, 2.75) is 40.2 Å². The summed E-state index contributed by atoms with van der Waals surface area (Å²) in [5, 5.41) is 6.65. The summed E-state index contributed by atoms with van der Waals surface area (Å²) in [6.07, 6.45) is 2.33. The maximum Gasteiger partial charge on any atom is 0.191 e. The molecule has 0 atom stereocenters. The normalized spacial score (nSPS) is 11.0. The first-order valence-corrected chi connectivity index (χ1v) is 8.86. The monoisotopic (exact) mass is 479 g/mol. The van der Waals surface area contributed by atoms with Crippen molar-refractivity contribution in [1.29, 1.82) is 0 Å². The maximum atomic E-state index is 5.46. The zero-order chi connectivity index (χ0) is 18.7. The molecule has 0 aromatic heterocycles. The molecule has 0 saturated heterocycles. The first kappa shape index (κ1) is 24.6. The van der Waals surface area contributed by atoms with Crippen LogP contribution in [0.4, 0.5) is 0 Å². The number of guanidine groups is 1. The number of nitrogens with one attached hydrogen (secondary N) is 2. The summed E-state index contributed by atoms with van der Waals surface area (Å²) < 4.78 is 16.1. The summed E-state index contributed by atoms with van der Waals surface area (Å²) in [4.78, 5) is 4.66. The fourth-order valence-electron chi connectivity index (χ4n) is 2.44. The van der Waals surface area contributed by atoms with Crippen molar-refractivity contribution in [3.05, 3.63) is 17.7 Å². The molecule has 0 spiro atoms. The number of hydrogen-bond acceptors (Lipinski definition) is 4. The quantitative estimate of drug-likeness (QED) is 0.231. The van der Waals surface area contributed by atoms with E-state index in [0.29, 0.717) is 18.0 Å². The minimum absolute atomic E-state index is 0. The molecule has 0 heterocycles. The molecule has 1 rings (SSSR count). The lowest BCUT2D eigenvalue weighted by atomic mass is 10.1. The van der Waals surface area contributed by atoms with E-state index >= 15 is 0 Å². The van der Waals surface area contributed by atoms with Gasteiger partial charge in [0.1, 0.15) is 5.75 Å². The third kappa shape index (κ3) is 8.33. The second-order valence-electron chi connectivity index (χ2n) is 6.18. The smallest absolute Gasteiger partial charge is 0.191 e. The molecule has 7 heteroatoms. The average molecular weight is 479 g/mol. The van der Waals surface area contributed by atoms with Gasteiger partial charge in [0.05, 0.1) is 27.9 Å². The number of hydrogen-bond donors (Lipinski definition) is 2. The van der Waals surface area contributed by atoms with Crippen LogP contribution < -0.4 is 24.8 Å². The Labute approximate surface area is 175 Å². The Morgan fingerprint density at radius 2 is 1.62 bits per heavy atom. The third-order valence-corrected chi connectivity index (χ3v) is 3.79. The van der Waals surface area contributed by atoms with Gasteiger partial charge in [-0.25, -0.2) is 4.99 Å². The predicted molar refractivity (Wildman–Crippen MR) is 118 cm³/mol. The molecule has 0 aliphatic carbocycles. The van der Waals surface area contributed by atoms with Crippen LogP contribution in [0.3, 0.4) is 0 Å². The van der Waals surface area contributed by atoms with Crippen LogP contribution >= 0.6 is 24.0 Å². The van der Waals surface area contributed by atoms with E-state index < -0.39 is 0 Å². The molecule has 150 valence electrons. The van der Waals surface area contributed by atoms with Crippen molar-refractivity contribution in [3.8, 4) is 17.2 Å². The van der Waals surface area contributed by atoms with Crippen LogP contribution in [0.5, 0.6) is 17.2 Å². The number of halogens is 1. The maximum absolute atomic E-state index is 5.46. The van der Waals surface area contributed by atoms with Crippen molar-refractivity contribution in [2.75, 3.05) is 34.4 Å². The largest absolute Gasteiger partial charge is 0.496 e. The van der Waals surface area contributed by atoms with E-state index in [4.69, 9.17) is 14.2 Å². The van der Waals surface area contributed by atoms with Gasteiger partial charge in [0.15, 0.2) is 17.5 Å². The SMILES string of the molecule is CCNC(=NCc1cc(OC)c(OC)cc1OC)NCCCC(C)C.I. The Balaban J connectivity index is 0.00000625. The molecule has 0 saturated carbocycles. The van der Waals surface area contributed by atoms with Gasteiger partial charge in [0.2, 0.25) is 0 Å². The topological polar surface area (TPSA) is 64.1 Å². The third-order valence-electron chi connectivity index (χ3n) is 3.79. The number of benzene rings is 1. The highest BCUT2D eigenvalue weighted by molar-refractivity contribution is 14.0. The summed E-state index contributed by atoms with van der Waals surface area (Å²) in [7, 11) is 4.88. The number of aliphatic imine (C=N–C) groups is 1. The zero-order valence-corrected chi connectivity index (χ0v) is 19.2. The van der Waals surface area contributed by atoms with E-state index in [9.17, 15) is 0 Å². The fraction of sp³-hybridized carbons (Fsp3) is 0.632. The van der Waals surface area contributed by atoms with Crippen LogP contribution in [0, 0.1) is 5.92 Å². The van der Waals surface area contributed by atoms with E-state index in [0.717, 1.165) is 42.7 Å². The summed E-state index contributed by atoms with van der Waals surface area (Å²) in [5.74, 6) is 3.58. The van der Waals surface area contributed by atoms with Gasteiger partial charge >= 0.3 is 0 Å². The molecule has 1 aromatic rings. The highest BCUT2D eigenvalue weighted by atomic mass is 127. The van der Waals surface area contributed by atoms with Crippen molar-refractivity contribution >= 4 is 29.9 Å². The van der Waals surface area contributed by atoms with Crippen LogP contribution in [0.1, 0.15) is 39.2 Å². The minimum atomic E-state index is 0. The lowest BCUT2D eigenvalue weighted by Gasteiger charge is -2.15. The lowest BCUT2D eigenvalue weighted by molar-refractivity contribution is 0.347. The van der Waals surface area contributed by atoms with E-state index in [-0.39, 0.29) is 24.0 Å². The molecule has 0 aliphatic heterocycles. The second kappa shape index (κ2) is 13.8. The lowest BCUT2D eigenvalue weighted by Crippen LogP contribution is -2.37. The Morgan fingerprint density at radius 1 is 1.00 bits per heavy atom. The van der Waals surface area contributed by atoms with Gasteiger partial charge in [0, 0.05) is 24.7 Å². The fourth-order valence-corrected chi connectivity index (χ4v) is 2.44. The van der Waals surface area contributed by atoms with Gasteiger partial charge in [-0.05, 0) is 31.7 Å². The van der Waals surface area contributed by atoms with Crippen molar-refractivity contribution in [3.63, 3.8) is 0 Å². The molecular weight excluding hydrogens is 445 g/mol. The van der Waals surface area contributed by atoms with Gasteiger partial charge < -0.3 is 24.8 Å². The minimum Gasteiger partial charge on any atom is -0.496 e. The van der Waals surface area contributed by atoms with Crippen LogP contribution in [0.2, 0.25) is 0 Å². The average Bonchev–Trinajstić information content (AvgIpc) is 2.61. The molecule has 0 bridgehead atoms. The van der Waals surface area contributed by atoms with Gasteiger partial charge in [0.25, 0.3) is 0 Å². The Bertz CT molecular complexity index is 551. The molecule has 0 fully saturated rings. The predicted octanol–water partition coefficient (Wildman–Crippen LogP) is 3.82. The Morgan fingerprint density at radius 3 is 2.15 bits per heavy atom. The number of methoxy groups -OCH3 is 3. The molecule has 0 unspecified atom stereocenters. The molecule has 6 nitrogen and oxygen atoms in total. The van der Waals surface area contributed by atoms with Gasteiger partial charge in [-0.2, -0.15) is 0 Å². The molecule has 0 amide bonds. The van der Waals surface area contributed by atoms with Crippen LogP contribution in [0.15, 0.2) is 17.1 Å². The van der Waals surface area contributed by atoms with Crippen molar-refractivity contribution < 1.29 is 14.2 Å². The molecule has 0 aliphatic rings. The molecule has 0 radical (unpaired) electrons.